The number of anilines is 1. The van der Waals surface area contributed by atoms with Crippen LogP contribution in [0.4, 0.5) is 10.6 Å². The van der Waals surface area contributed by atoms with Gasteiger partial charge in [0, 0.05) is 5.39 Å². The molecule has 0 radical (unpaired) electrons. The zero-order chi connectivity index (χ0) is 34.7. The first-order valence-corrected chi connectivity index (χ1v) is 17.6. The quantitative estimate of drug-likeness (QED) is 0.128. The standard InChI is InChI=1S/C32H39N6O10P/c1-18(31(41)45-21-12-5-4-6-13-21)37-49(43,48-23-15-9-11-20-10-7-8-14-22(20)23)47-19(2)27-25(39)26(40)30(46-27)38-17-35-24-28(36-32(42)44-3)33-16-34-29(24)38/h7-11,14-19,21,25-27,30,39-40H,4-6,12-13H2,1-3H3,(H,37,43)(H,33,34,36,42). The van der Waals surface area contributed by atoms with Crippen LogP contribution in [0.25, 0.3) is 21.9 Å². The third-order valence-electron chi connectivity index (χ3n) is 8.59. The van der Waals surface area contributed by atoms with Gasteiger partial charge in [0.2, 0.25) is 0 Å². The van der Waals surface area contributed by atoms with Crippen LogP contribution in [0, 0.1) is 0 Å². The van der Waals surface area contributed by atoms with E-state index in [0.717, 1.165) is 37.5 Å². The minimum Gasteiger partial charge on any atom is -0.461 e. The zero-order valence-electron chi connectivity index (χ0n) is 27.2. The van der Waals surface area contributed by atoms with E-state index in [-0.39, 0.29) is 28.8 Å². The Kier molecular flexibility index (Phi) is 10.4. The van der Waals surface area contributed by atoms with Crippen molar-refractivity contribution in [2.24, 2.45) is 0 Å². The number of aliphatic hydroxyl groups excluding tert-OH is 2. The molecule has 49 heavy (non-hydrogen) atoms. The lowest BCUT2D eigenvalue weighted by Gasteiger charge is -2.29. The summed E-state index contributed by atoms with van der Waals surface area (Å²) < 4.78 is 44.5. The predicted molar refractivity (Wildman–Crippen MR) is 176 cm³/mol. The number of ether oxygens (including phenoxy) is 3. The lowest BCUT2D eigenvalue weighted by Crippen LogP contribution is -2.41. The molecule has 2 aliphatic rings. The number of aromatic nitrogens is 4. The van der Waals surface area contributed by atoms with Crippen LogP contribution in [0.5, 0.6) is 5.75 Å². The molecule has 3 heterocycles. The highest BCUT2D eigenvalue weighted by Crippen LogP contribution is 2.49. The smallest absolute Gasteiger partial charge is 0.459 e. The van der Waals surface area contributed by atoms with Crippen LogP contribution < -0.4 is 14.9 Å². The minimum atomic E-state index is -4.42. The number of carbonyl (C=O) groups is 2. The molecule has 4 N–H and O–H groups in total. The Morgan fingerprint density at radius 1 is 1.02 bits per heavy atom. The van der Waals surface area contributed by atoms with Gasteiger partial charge in [-0.15, -0.1) is 0 Å². The molecule has 2 aromatic heterocycles. The van der Waals surface area contributed by atoms with E-state index < -0.39 is 56.5 Å². The average Bonchev–Trinajstić information content (AvgIpc) is 3.65. The van der Waals surface area contributed by atoms with E-state index in [0.29, 0.717) is 5.39 Å². The van der Waals surface area contributed by atoms with Crippen LogP contribution in [-0.4, -0.2) is 85.5 Å². The maximum Gasteiger partial charge on any atom is 0.459 e. The minimum absolute atomic E-state index is 0.0608. The Hall–Kier alpha value is -4.18. The van der Waals surface area contributed by atoms with Crippen LogP contribution in [-0.2, 0) is 28.1 Å². The molecule has 1 aliphatic heterocycles. The van der Waals surface area contributed by atoms with E-state index in [4.69, 9.17) is 18.5 Å². The Labute approximate surface area is 281 Å². The molecule has 6 rings (SSSR count). The van der Waals surface area contributed by atoms with Crippen molar-refractivity contribution in [1.29, 1.82) is 0 Å². The summed E-state index contributed by atoms with van der Waals surface area (Å²) in [6.45, 7) is 3.01. The number of nitrogens with zero attached hydrogens (tertiary/aromatic N) is 4. The summed E-state index contributed by atoms with van der Waals surface area (Å²) in [4.78, 5) is 37.4. The van der Waals surface area contributed by atoms with Gasteiger partial charge < -0.3 is 28.9 Å². The normalized spacial score (nSPS) is 23.9. The van der Waals surface area contributed by atoms with E-state index in [1.807, 2.05) is 24.3 Å². The van der Waals surface area contributed by atoms with Crippen LogP contribution >= 0.6 is 7.75 Å². The van der Waals surface area contributed by atoms with Gasteiger partial charge in [0.25, 0.3) is 0 Å². The van der Waals surface area contributed by atoms with Gasteiger partial charge in [0.1, 0.15) is 42.5 Å². The van der Waals surface area contributed by atoms with Gasteiger partial charge in [-0.05, 0) is 51.0 Å². The number of rotatable bonds is 11. The van der Waals surface area contributed by atoms with Crippen LogP contribution in [0.2, 0.25) is 0 Å². The number of fused-ring (bicyclic) bond motifs is 2. The van der Waals surface area contributed by atoms with Crippen molar-refractivity contribution in [3.05, 3.63) is 55.1 Å². The molecule has 17 heteroatoms. The Morgan fingerprint density at radius 2 is 1.78 bits per heavy atom. The molecule has 1 aliphatic carbocycles. The van der Waals surface area contributed by atoms with Crippen molar-refractivity contribution < 1.29 is 47.6 Å². The van der Waals surface area contributed by atoms with Crippen molar-refractivity contribution in [2.75, 3.05) is 12.4 Å². The molecule has 0 spiro atoms. The lowest BCUT2D eigenvalue weighted by atomic mass is 9.98. The van der Waals surface area contributed by atoms with E-state index in [2.05, 4.69) is 30.1 Å². The van der Waals surface area contributed by atoms with Gasteiger partial charge in [-0.25, -0.2) is 24.3 Å². The molecule has 2 fully saturated rings. The van der Waals surface area contributed by atoms with E-state index in [9.17, 15) is 24.4 Å². The van der Waals surface area contributed by atoms with Gasteiger partial charge in [0.15, 0.2) is 23.2 Å². The fourth-order valence-electron chi connectivity index (χ4n) is 6.08. The first-order chi connectivity index (χ1) is 23.6. The third kappa shape index (κ3) is 7.54. The topological polar surface area (TPSA) is 205 Å². The summed E-state index contributed by atoms with van der Waals surface area (Å²) >= 11 is 0. The second kappa shape index (κ2) is 14.7. The van der Waals surface area contributed by atoms with Gasteiger partial charge in [-0.2, -0.15) is 5.09 Å². The number of methoxy groups -OCH3 is 1. The molecule has 2 aromatic carbocycles. The highest BCUT2D eigenvalue weighted by molar-refractivity contribution is 7.52. The number of esters is 1. The fourth-order valence-corrected chi connectivity index (χ4v) is 7.79. The molecule has 16 nitrogen and oxygen atoms in total. The fraction of sp³-hybridized carbons (Fsp3) is 0.469. The maximum absolute atomic E-state index is 14.6. The molecule has 262 valence electrons. The summed E-state index contributed by atoms with van der Waals surface area (Å²) in [5.74, 6) is -0.307. The summed E-state index contributed by atoms with van der Waals surface area (Å²) in [7, 11) is -3.22. The number of hydrogen-bond acceptors (Lipinski definition) is 13. The predicted octanol–water partition coefficient (Wildman–Crippen LogP) is 4.22. The number of hydrogen-bond donors (Lipinski definition) is 4. The highest BCUT2D eigenvalue weighted by atomic mass is 31.2. The number of amides is 1. The highest BCUT2D eigenvalue weighted by Gasteiger charge is 2.49. The molecule has 7 unspecified atom stereocenters. The first-order valence-electron chi connectivity index (χ1n) is 16.0. The number of benzene rings is 2. The monoisotopic (exact) mass is 698 g/mol. The summed E-state index contributed by atoms with van der Waals surface area (Å²) in [6.07, 6.45) is -0.593. The van der Waals surface area contributed by atoms with E-state index in [1.54, 1.807) is 18.2 Å². The number of nitrogens with one attached hydrogen (secondary N) is 2. The molecular weight excluding hydrogens is 659 g/mol. The summed E-state index contributed by atoms with van der Waals surface area (Å²) in [6, 6.07) is 11.5. The third-order valence-corrected chi connectivity index (χ3v) is 10.3. The molecular formula is C32H39N6O10P. The molecule has 0 bridgehead atoms. The average molecular weight is 699 g/mol. The van der Waals surface area contributed by atoms with Crippen molar-refractivity contribution >= 4 is 47.6 Å². The van der Waals surface area contributed by atoms with Gasteiger partial charge in [0.05, 0.1) is 19.5 Å². The van der Waals surface area contributed by atoms with Crippen molar-refractivity contribution in [1.82, 2.24) is 24.6 Å². The van der Waals surface area contributed by atoms with Crippen LogP contribution in [0.1, 0.15) is 52.2 Å². The summed E-state index contributed by atoms with van der Waals surface area (Å²) in [5.41, 5.74) is 0.362. The SMILES string of the molecule is COC(=O)Nc1ncnc2c1ncn2C1OC(C(C)OP(=O)(NC(C)C(=O)OC2CCCCC2)Oc2cccc3ccccc23)C(O)C1O. The van der Waals surface area contributed by atoms with E-state index >= 15 is 0 Å². The van der Waals surface area contributed by atoms with E-state index in [1.165, 1.54) is 38.2 Å². The first kappa shape index (κ1) is 34.7. The molecule has 1 saturated heterocycles. The second-order valence-corrected chi connectivity index (χ2v) is 13.7. The molecule has 7 atom stereocenters. The largest absolute Gasteiger partial charge is 0.461 e. The maximum atomic E-state index is 14.6. The van der Waals surface area contributed by atoms with Gasteiger partial charge >= 0.3 is 19.8 Å². The number of aliphatic hydroxyl groups is 2. The Bertz CT molecular complexity index is 1850. The lowest BCUT2D eigenvalue weighted by molar-refractivity contribution is -0.152. The van der Waals surface area contributed by atoms with Crippen molar-refractivity contribution in [3.8, 4) is 5.75 Å². The zero-order valence-corrected chi connectivity index (χ0v) is 28.1. The summed E-state index contributed by atoms with van der Waals surface area (Å²) in [5, 5.41) is 28.9. The Morgan fingerprint density at radius 3 is 2.55 bits per heavy atom. The second-order valence-electron chi connectivity index (χ2n) is 12.1. The Balaban J connectivity index is 1.24. The van der Waals surface area contributed by atoms with Crippen LogP contribution in [0.3, 0.4) is 0 Å². The number of imidazole rings is 1. The van der Waals surface area contributed by atoms with Crippen molar-refractivity contribution in [2.45, 2.75) is 88.7 Å². The van der Waals surface area contributed by atoms with Gasteiger partial charge in [-0.3, -0.25) is 19.2 Å². The van der Waals surface area contributed by atoms with Crippen molar-refractivity contribution in [3.63, 3.8) is 0 Å². The van der Waals surface area contributed by atoms with Gasteiger partial charge in [-0.1, -0.05) is 42.8 Å². The molecule has 4 aromatic rings. The molecule has 1 saturated carbocycles. The molecule has 1 amide bonds. The van der Waals surface area contributed by atoms with Crippen LogP contribution in [0.15, 0.2) is 55.1 Å². The number of carbonyl (C=O) groups excluding carboxylic acids is 2.